The molecular formula is C14H10N4O. The van der Waals surface area contributed by atoms with Gasteiger partial charge >= 0.3 is 0 Å². The van der Waals surface area contributed by atoms with Gasteiger partial charge in [0.25, 0.3) is 0 Å². The molecule has 19 heavy (non-hydrogen) atoms. The van der Waals surface area contributed by atoms with Gasteiger partial charge in [-0.25, -0.2) is 9.97 Å². The van der Waals surface area contributed by atoms with Crippen molar-refractivity contribution in [2.24, 2.45) is 0 Å². The second kappa shape index (κ2) is 3.65. The summed E-state index contributed by atoms with van der Waals surface area (Å²) < 4.78 is 5.37. The smallest absolute Gasteiger partial charge is 0.192 e. The van der Waals surface area contributed by atoms with E-state index in [1.165, 1.54) is 6.39 Å². The van der Waals surface area contributed by atoms with Crippen LogP contribution in [0.4, 0.5) is 0 Å². The van der Waals surface area contributed by atoms with Gasteiger partial charge in [-0.3, -0.25) is 4.98 Å². The molecule has 1 aromatic carbocycles. The van der Waals surface area contributed by atoms with Gasteiger partial charge in [0.1, 0.15) is 5.52 Å². The van der Waals surface area contributed by atoms with Crippen LogP contribution < -0.4 is 0 Å². The number of aromatic nitrogens is 4. The van der Waals surface area contributed by atoms with Crippen molar-refractivity contribution < 1.29 is 4.42 Å². The van der Waals surface area contributed by atoms with E-state index in [0.29, 0.717) is 11.6 Å². The van der Waals surface area contributed by atoms with E-state index >= 15 is 0 Å². The first-order valence-electron chi connectivity index (χ1n) is 5.97. The van der Waals surface area contributed by atoms with Gasteiger partial charge in [0.05, 0.1) is 22.9 Å². The first kappa shape index (κ1) is 10.3. The zero-order valence-corrected chi connectivity index (χ0v) is 10.2. The number of H-pyrrole nitrogens is 1. The fraction of sp³-hybridized carbons (Fsp3) is 0.0714. The van der Waals surface area contributed by atoms with Gasteiger partial charge in [-0.05, 0) is 13.0 Å². The molecule has 5 heteroatoms. The number of pyridine rings is 1. The van der Waals surface area contributed by atoms with E-state index in [9.17, 15) is 0 Å². The summed E-state index contributed by atoms with van der Waals surface area (Å²) in [7, 11) is 0. The molecule has 4 rings (SSSR count). The van der Waals surface area contributed by atoms with E-state index in [4.69, 9.17) is 4.42 Å². The predicted octanol–water partition coefficient (Wildman–Crippen LogP) is 3.07. The van der Waals surface area contributed by atoms with Gasteiger partial charge < -0.3 is 9.40 Å². The third kappa shape index (κ3) is 1.45. The number of imidazole rings is 1. The maximum atomic E-state index is 5.37. The second-order valence-electron chi connectivity index (χ2n) is 4.39. The quantitative estimate of drug-likeness (QED) is 0.563. The Hall–Kier alpha value is -2.69. The second-order valence-corrected chi connectivity index (χ2v) is 4.39. The van der Waals surface area contributed by atoms with Gasteiger partial charge in [0.2, 0.25) is 0 Å². The van der Waals surface area contributed by atoms with Gasteiger partial charge in [-0.15, -0.1) is 0 Å². The lowest BCUT2D eigenvalue weighted by atomic mass is 10.2. The van der Waals surface area contributed by atoms with Crippen molar-refractivity contribution in [3.05, 3.63) is 42.5 Å². The Labute approximate surface area is 108 Å². The third-order valence-electron chi connectivity index (χ3n) is 3.18. The Morgan fingerprint density at radius 2 is 2.05 bits per heavy atom. The number of aromatic amines is 1. The SMILES string of the molecule is Cc1ncoc1-c1nc2c(cnc3ccccc32)[nH]1. The molecule has 4 aromatic rings. The van der Waals surface area contributed by atoms with Crippen molar-refractivity contribution in [3.8, 4) is 11.6 Å². The number of hydrogen-bond donors (Lipinski definition) is 1. The van der Waals surface area contributed by atoms with E-state index in [1.54, 1.807) is 6.20 Å². The summed E-state index contributed by atoms with van der Waals surface area (Å²) in [5.74, 6) is 1.35. The van der Waals surface area contributed by atoms with Crippen LogP contribution in [0.1, 0.15) is 5.69 Å². The molecule has 0 bridgehead atoms. The van der Waals surface area contributed by atoms with Crippen LogP contribution in [0.15, 0.2) is 41.3 Å². The molecule has 3 heterocycles. The molecule has 0 aliphatic carbocycles. The maximum absolute atomic E-state index is 5.37. The first-order chi connectivity index (χ1) is 9.33. The molecule has 0 amide bonds. The number of aryl methyl sites for hydroxylation is 1. The van der Waals surface area contributed by atoms with Crippen molar-refractivity contribution in [3.63, 3.8) is 0 Å². The average Bonchev–Trinajstić information content (AvgIpc) is 3.04. The molecule has 0 radical (unpaired) electrons. The van der Waals surface area contributed by atoms with Crippen molar-refractivity contribution >= 4 is 21.9 Å². The highest BCUT2D eigenvalue weighted by Crippen LogP contribution is 2.26. The molecule has 3 aromatic heterocycles. The molecule has 0 unspecified atom stereocenters. The summed E-state index contributed by atoms with van der Waals surface area (Å²) in [4.78, 5) is 16.3. The molecule has 0 saturated carbocycles. The minimum absolute atomic E-state index is 0.667. The van der Waals surface area contributed by atoms with Crippen LogP contribution in [0.25, 0.3) is 33.5 Å². The normalized spacial score (nSPS) is 11.4. The molecule has 1 N–H and O–H groups in total. The van der Waals surface area contributed by atoms with Crippen LogP contribution in [-0.4, -0.2) is 19.9 Å². The van der Waals surface area contributed by atoms with Crippen LogP contribution in [-0.2, 0) is 0 Å². The molecule has 0 aliphatic rings. The molecular weight excluding hydrogens is 240 g/mol. The molecule has 92 valence electrons. The van der Waals surface area contributed by atoms with E-state index in [1.807, 2.05) is 31.2 Å². The van der Waals surface area contributed by atoms with Gasteiger partial charge in [-0.2, -0.15) is 0 Å². The fourth-order valence-corrected chi connectivity index (χ4v) is 2.24. The lowest BCUT2D eigenvalue weighted by molar-refractivity contribution is 0.567. The summed E-state index contributed by atoms with van der Waals surface area (Å²) >= 11 is 0. The van der Waals surface area contributed by atoms with Crippen LogP contribution >= 0.6 is 0 Å². The first-order valence-corrected chi connectivity index (χ1v) is 5.97. The topological polar surface area (TPSA) is 67.6 Å². The molecule has 0 atom stereocenters. The Morgan fingerprint density at radius 1 is 1.16 bits per heavy atom. The lowest BCUT2D eigenvalue weighted by Crippen LogP contribution is -1.80. The van der Waals surface area contributed by atoms with Crippen molar-refractivity contribution in [1.82, 2.24) is 19.9 Å². The number of nitrogens with one attached hydrogen (secondary N) is 1. The molecule has 0 fully saturated rings. The van der Waals surface area contributed by atoms with Gasteiger partial charge in [0.15, 0.2) is 18.0 Å². The lowest BCUT2D eigenvalue weighted by Gasteiger charge is -1.95. The van der Waals surface area contributed by atoms with Crippen LogP contribution in [0.3, 0.4) is 0 Å². The Morgan fingerprint density at radius 3 is 2.89 bits per heavy atom. The van der Waals surface area contributed by atoms with Crippen molar-refractivity contribution in [1.29, 1.82) is 0 Å². The number of nitrogens with zero attached hydrogens (tertiary/aromatic N) is 3. The molecule has 0 aliphatic heterocycles. The third-order valence-corrected chi connectivity index (χ3v) is 3.18. The number of hydrogen-bond acceptors (Lipinski definition) is 4. The number of oxazole rings is 1. The predicted molar refractivity (Wildman–Crippen MR) is 71.6 cm³/mol. The highest BCUT2D eigenvalue weighted by Gasteiger charge is 2.13. The Kier molecular flexibility index (Phi) is 1.97. The van der Waals surface area contributed by atoms with Crippen molar-refractivity contribution in [2.75, 3.05) is 0 Å². The number of benzene rings is 1. The van der Waals surface area contributed by atoms with Crippen LogP contribution in [0.5, 0.6) is 0 Å². The average molecular weight is 250 g/mol. The maximum Gasteiger partial charge on any atom is 0.192 e. The van der Waals surface area contributed by atoms with E-state index in [-0.39, 0.29) is 0 Å². The summed E-state index contributed by atoms with van der Waals surface area (Å²) in [6.07, 6.45) is 3.22. The molecule has 5 nitrogen and oxygen atoms in total. The fourth-order valence-electron chi connectivity index (χ4n) is 2.24. The number of rotatable bonds is 1. The summed E-state index contributed by atoms with van der Waals surface area (Å²) in [6, 6.07) is 7.94. The number of fused-ring (bicyclic) bond motifs is 3. The van der Waals surface area contributed by atoms with Crippen LogP contribution in [0.2, 0.25) is 0 Å². The van der Waals surface area contributed by atoms with Crippen molar-refractivity contribution in [2.45, 2.75) is 6.92 Å². The summed E-state index contributed by atoms with van der Waals surface area (Å²) in [5, 5.41) is 1.03. The standard InChI is InChI=1S/C14H10N4O/c1-8-13(19-7-16-8)14-17-11-6-15-10-5-3-2-4-9(10)12(11)18-14/h2-7H,1H3,(H,17,18). The molecule has 0 spiro atoms. The van der Waals surface area contributed by atoms with E-state index in [2.05, 4.69) is 19.9 Å². The molecule has 0 saturated heterocycles. The van der Waals surface area contributed by atoms with Gasteiger partial charge in [0, 0.05) is 5.39 Å². The van der Waals surface area contributed by atoms with Crippen LogP contribution in [0, 0.1) is 6.92 Å². The monoisotopic (exact) mass is 250 g/mol. The zero-order valence-electron chi connectivity index (χ0n) is 10.2. The minimum atomic E-state index is 0.667. The van der Waals surface area contributed by atoms with E-state index < -0.39 is 0 Å². The largest absolute Gasteiger partial charge is 0.440 e. The Bertz CT molecular complexity index is 891. The highest BCUT2D eigenvalue weighted by atomic mass is 16.3. The zero-order chi connectivity index (χ0) is 12.8. The summed E-state index contributed by atoms with van der Waals surface area (Å²) in [5.41, 5.74) is 3.54. The van der Waals surface area contributed by atoms with Gasteiger partial charge in [-0.1, -0.05) is 18.2 Å². The number of para-hydroxylation sites is 1. The van der Waals surface area contributed by atoms with E-state index in [0.717, 1.165) is 27.6 Å². The Balaban J connectivity index is 2.06. The minimum Gasteiger partial charge on any atom is -0.440 e. The highest BCUT2D eigenvalue weighted by molar-refractivity contribution is 6.02. The summed E-state index contributed by atoms with van der Waals surface area (Å²) in [6.45, 7) is 1.89.